The van der Waals surface area contributed by atoms with E-state index in [1.54, 1.807) is 0 Å². The second-order valence-corrected chi connectivity index (χ2v) is 5.63. The van der Waals surface area contributed by atoms with Crippen LogP contribution in [-0.2, 0) is 12.8 Å². The van der Waals surface area contributed by atoms with Crippen molar-refractivity contribution < 1.29 is 0 Å². The Labute approximate surface area is 129 Å². The first-order valence-electron chi connectivity index (χ1n) is 8.19. The lowest BCUT2D eigenvalue weighted by Gasteiger charge is -2.18. The van der Waals surface area contributed by atoms with Crippen molar-refractivity contribution >= 4 is 0 Å². The van der Waals surface area contributed by atoms with E-state index in [0.717, 1.165) is 19.4 Å². The predicted molar refractivity (Wildman–Crippen MR) is 91.6 cm³/mol. The zero-order valence-electron chi connectivity index (χ0n) is 13.3. The predicted octanol–water partition coefficient (Wildman–Crippen LogP) is 4.92. The van der Waals surface area contributed by atoms with Crippen LogP contribution in [0.4, 0.5) is 0 Å². The van der Waals surface area contributed by atoms with Gasteiger partial charge in [-0.3, -0.25) is 0 Å². The highest BCUT2D eigenvalue weighted by Gasteiger charge is 2.09. The fourth-order valence-electron chi connectivity index (χ4n) is 2.79. The van der Waals surface area contributed by atoms with Gasteiger partial charge in [0.25, 0.3) is 0 Å². The summed E-state index contributed by atoms with van der Waals surface area (Å²) in [4.78, 5) is 0. The van der Waals surface area contributed by atoms with Crippen molar-refractivity contribution in [3.8, 4) is 0 Å². The van der Waals surface area contributed by atoms with Crippen LogP contribution >= 0.6 is 0 Å². The minimum Gasteiger partial charge on any atom is -0.310 e. The molecule has 2 rings (SSSR count). The average molecular weight is 281 g/mol. The van der Waals surface area contributed by atoms with Crippen LogP contribution in [0.3, 0.4) is 0 Å². The largest absolute Gasteiger partial charge is 0.310 e. The third-order valence-corrected chi connectivity index (χ3v) is 3.94. The minimum atomic E-state index is 0.450. The zero-order chi connectivity index (χ0) is 14.9. The van der Waals surface area contributed by atoms with Crippen LogP contribution in [0.1, 0.15) is 49.4 Å². The van der Waals surface area contributed by atoms with Crippen molar-refractivity contribution in [1.29, 1.82) is 0 Å². The van der Waals surface area contributed by atoms with E-state index in [4.69, 9.17) is 0 Å². The number of nitrogens with one attached hydrogen (secondary N) is 1. The monoisotopic (exact) mass is 281 g/mol. The molecule has 0 spiro atoms. The number of rotatable bonds is 8. The van der Waals surface area contributed by atoms with E-state index in [-0.39, 0.29) is 0 Å². The fraction of sp³-hybridized carbons (Fsp3) is 0.400. The molecule has 0 saturated carbocycles. The lowest BCUT2D eigenvalue weighted by atomic mass is 9.98. The van der Waals surface area contributed by atoms with Gasteiger partial charge < -0.3 is 5.32 Å². The molecular weight excluding hydrogens is 254 g/mol. The van der Waals surface area contributed by atoms with E-state index in [2.05, 4.69) is 73.8 Å². The lowest BCUT2D eigenvalue weighted by Crippen LogP contribution is -2.21. The summed E-state index contributed by atoms with van der Waals surface area (Å²) in [7, 11) is 0. The van der Waals surface area contributed by atoms with Crippen LogP contribution in [0, 0.1) is 0 Å². The summed E-state index contributed by atoms with van der Waals surface area (Å²) in [6, 6.07) is 20.4. The Kier molecular flexibility index (Phi) is 6.49. The second-order valence-electron chi connectivity index (χ2n) is 5.63. The molecule has 1 nitrogen and oxygen atoms in total. The van der Waals surface area contributed by atoms with Crippen molar-refractivity contribution in [3.05, 3.63) is 71.3 Å². The van der Waals surface area contributed by atoms with Gasteiger partial charge in [-0.25, -0.2) is 0 Å². The third-order valence-electron chi connectivity index (χ3n) is 3.94. The summed E-state index contributed by atoms with van der Waals surface area (Å²) in [5.41, 5.74) is 4.28. The molecule has 21 heavy (non-hydrogen) atoms. The van der Waals surface area contributed by atoms with Gasteiger partial charge in [0.2, 0.25) is 0 Å². The molecule has 1 N–H and O–H groups in total. The maximum atomic E-state index is 3.60. The lowest BCUT2D eigenvalue weighted by molar-refractivity contribution is 0.515. The molecule has 0 aromatic heterocycles. The number of hydrogen-bond acceptors (Lipinski definition) is 1. The van der Waals surface area contributed by atoms with E-state index in [9.17, 15) is 0 Å². The van der Waals surface area contributed by atoms with Crippen LogP contribution in [0.5, 0.6) is 0 Å². The summed E-state index contributed by atoms with van der Waals surface area (Å²) in [6.07, 6.45) is 4.67. The minimum absolute atomic E-state index is 0.450. The molecule has 0 fully saturated rings. The van der Waals surface area contributed by atoms with Gasteiger partial charge in [0, 0.05) is 6.04 Å². The molecule has 112 valence electrons. The number of hydrogen-bond donors (Lipinski definition) is 1. The maximum absolute atomic E-state index is 3.60. The van der Waals surface area contributed by atoms with Gasteiger partial charge in [0.15, 0.2) is 0 Å². The zero-order valence-corrected chi connectivity index (χ0v) is 13.3. The first-order valence-corrected chi connectivity index (χ1v) is 8.19. The molecular formula is C20H27N. The average Bonchev–Trinajstić information content (AvgIpc) is 2.54. The first-order chi connectivity index (χ1) is 10.3. The van der Waals surface area contributed by atoms with Crippen LogP contribution in [0.15, 0.2) is 54.6 Å². The van der Waals surface area contributed by atoms with Crippen molar-refractivity contribution in [2.75, 3.05) is 6.54 Å². The van der Waals surface area contributed by atoms with Crippen LogP contribution in [-0.4, -0.2) is 6.54 Å². The quantitative estimate of drug-likeness (QED) is 0.724. The summed E-state index contributed by atoms with van der Waals surface area (Å²) in [6.45, 7) is 5.42. The van der Waals surface area contributed by atoms with E-state index >= 15 is 0 Å². The second kappa shape index (κ2) is 8.63. The van der Waals surface area contributed by atoms with Gasteiger partial charge >= 0.3 is 0 Å². The van der Waals surface area contributed by atoms with Crippen molar-refractivity contribution in [1.82, 2.24) is 5.32 Å². The highest BCUT2D eigenvalue weighted by atomic mass is 14.9. The van der Waals surface area contributed by atoms with Crippen LogP contribution in [0.25, 0.3) is 0 Å². The Hall–Kier alpha value is -1.60. The van der Waals surface area contributed by atoms with E-state index in [1.165, 1.54) is 29.5 Å². The van der Waals surface area contributed by atoms with Gasteiger partial charge in [-0.2, -0.15) is 0 Å². The van der Waals surface area contributed by atoms with Gasteiger partial charge in [0.1, 0.15) is 0 Å². The highest BCUT2D eigenvalue weighted by Crippen LogP contribution is 2.19. The van der Waals surface area contributed by atoms with Crippen LogP contribution in [0.2, 0.25) is 0 Å². The van der Waals surface area contributed by atoms with E-state index in [0.29, 0.717) is 6.04 Å². The molecule has 0 aliphatic heterocycles. The molecule has 0 amide bonds. The van der Waals surface area contributed by atoms with Gasteiger partial charge in [-0.1, -0.05) is 74.9 Å². The fourth-order valence-corrected chi connectivity index (χ4v) is 2.79. The summed E-state index contributed by atoms with van der Waals surface area (Å²) in [5.74, 6) is 0. The molecule has 0 aliphatic rings. The SMILES string of the molecule is CCCc1ccc(CCC(NCC)c2ccccc2)cc1. The van der Waals surface area contributed by atoms with Crippen molar-refractivity contribution in [2.45, 2.75) is 45.6 Å². The standard InChI is InChI=1S/C20H27N/c1-3-8-17-11-13-18(14-12-17)15-16-20(21-4-2)19-9-6-5-7-10-19/h5-7,9-14,20-21H,3-4,8,15-16H2,1-2H3. The highest BCUT2D eigenvalue weighted by molar-refractivity contribution is 5.24. The number of benzene rings is 2. The number of aryl methyl sites for hydroxylation is 2. The normalized spacial score (nSPS) is 12.3. The van der Waals surface area contributed by atoms with Crippen molar-refractivity contribution in [3.63, 3.8) is 0 Å². The molecule has 1 atom stereocenters. The Morgan fingerprint density at radius 2 is 1.43 bits per heavy atom. The maximum Gasteiger partial charge on any atom is 0.0323 e. The molecule has 0 saturated heterocycles. The molecule has 0 aliphatic carbocycles. The molecule has 2 aromatic rings. The Morgan fingerprint density at radius 1 is 0.810 bits per heavy atom. The van der Waals surface area contributed by atoms with E-state index in [1.807, 2.05) is 0 Å². The van der Waals surface area contributed by atoms with Gasteiger partial charge in [-0.15, -0.1) is 0 Å². The topological polar surface area (TPSA) is 12.0 Å². The van der Waals surface area contributed by atoms with Crippen molar-refractivity contribution in [2.24, 2.45) is 0 Å². The molecule has 1 heteroatoms. The first kappa shape index (κ1) is 15.8. The molecule has 1 unspecified atom stereocenters. The summed E-state index contributed by atoms with van der Waals surface area (Å²) < 4.78 is 0. The van der Waals surface area contributed by atoms with Crippen LogP contribution < -0.4 is 5.32 Å². The van der Waals surface area contributed by atoms with E-state index < -0.39 is 0 Å². The Bertz CT molecular complexity index is 501. The van der Waals surface area contributed by atoms with Gasteiger partial charge in [-0.05, 0) is 42.5 Å². The molecule has 0 radical (unpaired) electrons. The third kappa shape index (κ3) is 5.02. The molecule has 0 heterocycles. The van der Waals surface area contributed by atoms with Gasteiger partial charge in [0.05, 0.1) is 0 Å². The Morgan fingerprint density at radius 3 is 2.00 bits per heavy atom. The molecule has 0 bridgehead atoms. The smallest absolute Gasteiger partial charge is 0.0323 e. The summed E-state index contributed by atoms with van der Waals surface area (Å²) in [5, 5.41) is 3.60. The molecule has 2 aromatic carbocycles. The summed E-state index contributed by atoms with van der Waals surface area (Å²) >= 11 is 0. The Balaban J connectivity index is 1.95.